The van der Waals surface area contributed by atoms with Gasteiger partial charge in [-0.25, -0.2) is 0 Å². The Kier molecular flexibility index (Phi) is 6.24. The molecule has 1 aromatic rings. The quantitative estimate of drug-likeness (QED) is 0.436. The standard InChI is InChI=1S/C13H17Cl3N2O2/c1-8(2)7-11(20)18-12(13(14,15)16)17-9-3-5-10(19)6-4-9/h3-6,8,12,17,19H,7H2,1-2H3,(H,18,20)/t12-/m0/s1. The molecule has 1 aromatic carbocycles. The Hall–Kier alpha value is -0.840. The number of benzene rings is 1. The molecule has 20 heavy (non-hydrogen) atoms. The molecule has 112 valence electrons. The third-order valence-corrected chi connectivity index (χ3v) is 3.06. The molecule has 0 fully saturated rings. The first-order valence-corrected chi connectivity index (χ1v) is 7.23. The van der Waals surface area contributed by atoms with Gasteiger partial charge in [0.1, 0.15) is 11.9 Å². The molecule has 0 saturated carbocycles. The van der Waals surface area contributed by atoms with Gasteiger partial charge in [-0.05, 0) is 30.2 Å². The number of carbonyl (C=O) groups excluding carboxylic acids is 1. The first-order chi connectivity index (χ1) is 9.18. The fourth-order valence-corrected chi connectivity index (χ4v) is 1.84. The second-order valence-electron chi connectivity index (χ2n) is 4.83. The maximum atomic E-state index is 11.8. The fraction of sp³-hybridized carbons (Fsp3) is 0.462. The molecule has 4 nitrogen and oxygen atoms in total. The molecular weight excluding hydrogens is 323 g/mol. The molecule has 0 spiro atoms. The number of rotatable bonds is 5. The fourth-order valence-electron chi connectivity index (χ4n) is 1.51. The molecule has 0 unspecified atom stereocenters. The molecule has 1 amide bonds. The summed E-state index contributed by atoms with van der Waals surface area (Å²) in [6.07, 6.45) is -0.530. The van der Waals surface area contributed by atoms with Crippen LogP contribution in [0.15, 0.2) is 24.3 Å². The van der Waals surface area contributed by atoms with Crippen LogP contribution in [0.2, 0.25) is 0 Å². The zero-order valence-electron chi connectivity index (χ0n) is 11.2. The van der Waals surface area contributed by atoms with Crippen LogP contribution < -0.4 is 10.6 Å². The van der Waals surface area contributed by atoms with Gasteiger partial charge in [0.15, 0.2) is 0 Å². The summed E-state index contributed by atoms with van der Waals surface area (Å²) in [5, 5.41) is 14.8. The van der Waals surface area contributed by atoms with Crippen molar-refractivity contribution in [1.82, 2.24) is 5.32 Å². The lowest BCUT2D eigenvalue weighted by Crippen LogP contribution is -2.49. The topological polar surface area (TPSA) is 61.4 Å². The molecule has 0 bridgehead atoms. The number of amides is 1. The van der Waals surface area contributed by atoms with Crippen molar-refractivity contribution in [1.29, 1.82) is 0 Å². The molecule has 0 radical (unpaired) electrons. The van der Waals surface area contributed by atoms with E-state index < -0.39 is 9.96 Å². The molecule has 1 rings (SSSR count). The summed E-state index contributed by atoms with van der Waals surface area (Å²) in [5.74, 6) is 0.132. The highest BCUT2D eigenvalue weighted by Crippen LogP contribution is 2.31. The third kappa shape index (κ3) is 6.07. The number of phenols is 1. The van der Waals surface area contributed by atoms with E-state index in [0.29, 0.717) is 12.1 Å². The Bertz CT molecular complexity index is 444. The zero-order chi connectivity index (χ0) is 15.3. The van der Waals surface area contributed by atoms with Crippen molar-refractivity contribution in [2.75, 3.05) is 5.32 Å². The minimum absolute atomic E-state index is 0.129. The number of hydrogen-bond acceptors (Lipinski definition) is 3. The highest BCUT2D eigenvalue weighted by atomic mass is 35.6. The molecule has 0 aliphatic heterocycles. The van der Waals surface area contributed by atoms with Crippen molar-refractivity contribution in [3.05, 3.63) is 24.3 Å². The Morgan fingerprint density at radius 1 is 1.25 bits per heavy atom. The number of alkyl halides is 3. The summed E-state index contributed by atoms with van der Waals surface area (Å²) in [6.45, 7) is 3.86. The molecule has 3 N–H and O–H groups in total. The van der Waals surface area contributed by atoms with Gasteiger partial charge in [-0.3, -0.25) is 4.79 Å². The van der Waals surface area contributed by atoms with E-state index in [2.05, 4.69) is 10.6 Å². The average molecular weight is 340 g/mol. The monoisotopic (exact) mass is 338 g/mol. The number of phenolic OH excluding ortho intramolecular Hbond substituents is 1. The number of aromatic hydroxyl groups is 1. The highest BCUT2D eigenvalue weighted by Gasteiger charge is 2.34. The summed E-state index contributed by atoms with van der Waals surface area (Å²) in [7, 11) is 0. The predicted octanol–water partition coefficient (Wildman–Crippen LogP) is 3.66. The second kappa shape index (κ2) is 7.25. The van der Waals surface area contributed by atoms with Gasteiger partial charge >= 0.3 is 0 Å². The van der Waals surface area contributed by atoms with Crippen molar-refractivity contribution >= 4 is 46.4 Å². The average Bonchev–Trinajstić information content (AvgIpc) is 2.28. The maximum Gasteiger partial charge on any atom is 0.228 e. The van der Waals surface area contributed by atoms with E-state index in [0.717, 1.165) is 0 Å². The van der Waals surface area contributed by atoms with E-state index in [1.165, 1.54) is 12.1 Å². The SMILES string of the molecule is CC(C)CC(=O)N[C@H](Nc1ccc(O)cc1)C(Cl)(Cl)Cl. The van der Waals surface area contributed by atoms with Gasteiger partial charge in [0.2, 0.25) is 9.70 Å². The molecule has 0 aliphatic rings. The van der Waals surface area contributed by atoms with Crippen LogP contribution in [0.25, 0.3) is 0 Å². The molecule has 0 aliphatic carbocycles. The van der Waals surface area contributed by atoms with Crippen LogP contribution in [0.1, 0.15) is 20.3 Å². The van der Waals surface area contributed by atoms with Crippen LogP contribution in [0.3, 0.4) is 0 Å². The molecular formula is C13H17Cl3N2O2. The smallest absolute Gasteiger partial charge is 0.228 e. The van der Waals surface area contributed by atoms with Gasteiger partial charge < -0.3 is 15.7 Å². The van der Waals surface area contributed by atoms with Crippen molar-refractivity contribution in [2.45, 2.75) is 30.2 Å². The number of anilines is 1. The van der Waals surface area contributed by atoms with Crippen molar-refractivity contribution in [3.8, 4) is 5.75 Å². The highest BCUT2D eigenvalue weighted by molar-refractivity contribution is 6.68. The van der Waals surface area contributed by atoms with Crippen LogP contribution >= 0.6 is 34.8 Å². The zero-order valence-corrected chi connectivity index (χ0v) is 13.4. The van der Waals surface area contributed by atoms with Gasteiger partial charge in [0.05, 0.1) is 0 Å². The third-order valence-electron chi connectivity index (χ3n) is 2.40. The summed E-state index contributed by atoms with van der Waals surface area (Å²) in [6, 6.07) is 6.22. The predicted molar refractivity (Wildman–Crippen MR) is 83.4 cm³/mol. The minimum Gasteiger partial charge on any atom is -0.508 e. The Labute approximate surface area is 133 Å². The van der Waals surface area contributed by atoms with E-state index in [-0.39, 0.29) is 17.6 Å². The minimum atomic E-state index is -1.70. The van der Waals surface area contributed by atoms with Gasteiger partial charge in [-0.1, -0.05) is 48.7 Å². The molecule has 0 saturated heterocycles. The number of carbonyl (C=O) groups is 1. The molecule has 0 aromatic heterocycles. The molecule has 0 heterocycles. The summed E-state index contributed by atoms with van der Waals surface area (Å²) in [4.78, 5) is 11.8. The lowest BCUT2D eigenvalue weighted by Gasteiger charge is -2.27. The van der Waals surface area contributed by atoms with E-state index in [9.17, 15) is 9.90 Å². The van der Waals surface area contributed by atoms with Crippen LogP contribution in [0, 0.1) is 5.92 Å². The van der Waals surface area contributed by atoms with Crippen molar-refractivity contribution in [3.63, 3.8) is 0 Å². The van der Waals surface area contributed by atoms with Crippen molar-refractivity contribution in [2.24, 2.45) is 5.92 Å². The Balaban J connectivity index is 2.75. The number of halogens is 3. The summed E-state index contributed by atoms with van der Waals surface area (Å²) in [5.41, 5.74) is 0.615. The lowest BCUT2D eigenvalue weighted by atomic mass is 10.1. The first-order valence-electron chi connectivity index (χ1n) is 6.10. The van der Waals surface area contributed by atoms with E-state index in [4.69, 9.17) is 34.8 Å². The van der Waals surface area contributed by atoms with E-state index >= 15 is 0 Å². The first kappa shape index (κ1) is 17.2. The maximum absolute atomic E-state index is 11.8. The Morgan fingerprint density at radius 2 is 1.80 bits per heavy atom. The normalized spacial score (nSPS) is 13.1. The van der Waals surface area contributed by atoms with Gasteiger partial charge in [-0.2, -0.15) is 0 Å². The largest absolute Gasteiger partial charge is 0.508 e. The van der Waals surface area contributed by atoms with E-state index in [1.54, 1.807) is 12.1 Å². The lowest BCUT2D eigenvalue weighted by molar-refractivity contribution is -0.122. The number of nitrogens with one attached hydrogen (secondary N) is 2. The van der Waals surface area contributed by atoms with Crippen LogP contribution in [-0.2, 0) is 4.79 Å². The second-order valence-corrected chi connectivity index (χ2v) is 7.20. The Morgan fingerprint density at radius 3 is 2.25 bits per heavy atom. The summed E-state index contributed by atoms with van der Waals surface area (Å²) >= 11 is 17.6. The van der Waals surface area contributed by atoms with Gasteiger partial charge in [0.25, 0.3) is 0 Å². The van der Waals surface area contributed by atoms with E-state index in [1.807, 2.05) is 13.8 Å². The van der Waals surface area contributed by atoms with Crippen LogP contribution in [0.4, 0.5) is 5.69 Å². The number of hydrogen-bond donors (Lipinski definition) is 3. The van der Waals surface area contributed by atoms with Crippen LogP contribution in [-0.4, -0.2) is 21.0 Å². The molecule has 7 heteroatoms. The van der Waals surface area contributed by atoms with Crippen molar-refractivity contribution < 1.29 is 9.90 Å². The van der Waals surface area contributed by atoms with Gasteiger partial charge in [0, 0.05) is 12.1 Å². The molecule has 1 atom stereocenters. The van der Waals surface area contributed by atoms with Gasteiger partial charge in [-0.15, -0.1) is 0 Å². The van der Waals surface area contributed by atoms with Crippen LogP contribution in [0.5, 0.6) is 5.75 Å². The summed E-state index contributed by atoms with van der Waals surface area (Å²) < 4.78 is -1.70.